The van der Waals surface area contributed by atoms with E-state index in [4.69, 9.17) is 5.73 Å². The molecule has 0 bridgehead atoms. The van der Waals surface area contributed by atoms with Gasteiger partial charge >= 0.3 is 0 Å². The van der Waals surface area contributed by atoms with Crippen molar-refractivity contribution in [3.63, 3.8) is 0 Å². The Kier molecular flexibility index (Phi) is 4.38. The number of amides is 1. The molecule has 0 radical (unpaired) electrons. The highest BCUT2D eigenvalue weighted by molar-refractivity contribution is 5.95. The van der Waals surface area contributed by atoms with Crippen molar-refractivity contribution in [2.75, 3.05) is 6.54 Å². The van der Waals surface area contributed by atoms with E-state index in [-0.39, 0.29) is 11.5 Å². The Labute approximate surface area is 117 Å². The molecule has 1 aliphatic rings. The summed E-state index contributed by atoms with van der Waals surface area (Å²) in [6.07, 6.45) is 3.83. The molecule has 110 valence electrons. The predicted octanol–water partition coefficient (Wildman–Crippen LogP) is 2.60. The molecule has 1 amide bonds. The predicted molar refractivity (Wildman–Crippen MR) is 73.2 cm³/mol. The van der Waals surface area contributed by atoms with Crippen LogP contribution in [-0.2, 0) is 0 Å². The van der Waals surface area contributed by atoms with E-state index < -0.39 is 23.1 Å². The highest BCUT2D eigenvalue weighted by Gasteiger charge is 2.38. The summed E-state index contributed by atoms with van der Waals surface area (Å²) in [5, 5.41) is 2.85. The lowest BCUT2D eigenvalue weighted by molar-refractivity contribution is 0.0808. The van der Waals surface area contributed by atoms with Gasteiger partial charge in [0, 0.05) is 6.54 Å². The minimum atomic E-state index is -0.723. The number of hydrogen-bond donors (Lipinski definition) is 2. The van der Waals surface area contributed by atoms with Crippen molar-refractivity contribution in [3.05, 3.63) is 35.4 Å². The lowest BCUT2D eigenvalue weighted by Crippen LogP contribution is -2.59. The van der Waals surface area contributed by atoms with E-state index >= 15 is 0 Å². The molecule has 2 unspecified atom stereocenters. The van der Waals surface area contributed by atoms with Gasteiger partial charge in [-0.3, -0.25) is 4.79 Å². The maximum atomic E-state index is 13.6. The monoisotopic (exact) mass is 282 g/mol. The first kappa shape index (κ1) is 14.9. The molecule has 1 fully saturated rings. The first-order valence-corrected chi connectivity index (χ1v) is 6.96. The Morgan fingerprint density at radius 1 is 1.45 bits per heavy atom. The zero-order valence-electron chi connectivity index (χ0n) is 11.6. The van der Waals surface area contributed by atoms with E-state index in [1.54, 1.807) is 0 Å². The quantitative estimate of drug-likeness (QED) is 0.895. The molecule has 0 heterocycles. The summed E-state index contributed by atoms with van der Waals surface area (Å²) in [6.45, 7) is 2.34. The summed E-state index contributed by atoms with van der Waals surface area (Å²) < 4.78 is 26.8. The average Bonchev–Trinajstić information content (AvgIpc) is 2.44. The van der Waals surface area contributed by atoms with Gasteiger partial charge in [0.05, 0.1) is 11.1 Å². The number of nitrogens with two attached hydrogens (primary N) is 1. The van der Waals surface area contributed by atoms with Crippen LogP contribution in [-0.4, -0.2) is 18.0 Å². The molecule has 3 N–H and O–H groups in total. The van der Waals surface area contributed by atoms with Crippen molar-refractivity contribution in [3.8, 4) is 0 Å². The van der Waals surface area contributed by atoms with E-state index in [0.717, 1.165) is 43.9 Å². The molecular formula is C15H20F2N2O. The number of halogens is 2. The molecule has 2 rings (SSSR count). The van der Waals surface area contributed by atoms with Gasteiger partial charge in [-0.05, 0) is 37.0 Å². The van der Waals surface area contributed by atoms with Crippen LogP contribution in [0.1, 0.15) is 43.0 Å². The largest absolute Gasteiger partial charge is 0.345 e. The van der Waals surface area contributed by atoms with Gasteiger partial charge in [-0.1, -0.05) is 19.8 Å². The van der Waals surface area contributed by atoms with Crippen LogP contribution in [0.2, 0.25) is 0 Å². The fourth-order valence-corrected chi connectivity index (χ4v) is 2.92. The standard InChI is InChI=1S/C15H20F2N2O/c1-10-4-2-3-7-15(10,9-18)19-14(20)12-8-11(16)5-6-13(12)17/h5-6,8,10H,2-4,7,9,18H2,1H3,(H,19,20). The SMILES string of the molecule is CC1CCCCC1(CN)NC(=O)c1cc(F)ccc1F. The van der Waals surface area contributed by atoms with E-state index in [1.807, 2.05) is 6.92 Å². The Morgan fingerprint density at radius 3 is 2.85 bits per heavy atom. The van der Waals surface area contributed by atoms with Crippen molar-refractivity contribution in [2.24, 2.45) is 11.7 Å². The number of carbonyl (C=O) groups is 1. The fourth-order valence-electron chi connectivity index (χ4n) is 2.92. The van der Waals surface area contributed by atoms with Crippen LogP contribution < -0.4 is 11.1 Å². The van der Waals surface area contributed by atoms with Gasteiger partial charge in [0.1, 0.15) is 11.6 Å². The summed E-state index contributed by atoms with van der Waals surface area (Å²) >= 11 is 0. The van der Waals surface area contributed by atoms with Crippen LogP contribution in [0.25, 0.3) is 0 Å². The van der Waals surface area contributed by atoms with Gasteiger partial charge in [0.2, 0.25) is 0 Å². The second-order valence-corrected chi connectivity index (χ2v) is 5.59. The second kappa shape index (κ2) is 5.87. The van der Waals surface area contributed by atoms with Gasteiger partial charge in [-0.2, -0.15) is 0 Å². The van der Waals surface area contributed by atoms with Crippen LogP contribution in [0.4, 0.5) is 8.78 Å². The number of rotatable bonds is 3. The topological polar surface area (TPSA) is 55.1 Å². The molecule has 0 spiro atoms. The molecule has 20 heavy (non-hydrogen) atoms. The number of hydrogen-bond acceptors (Lipinski definition) is 2. The van der Waals surface area contributed by atoms with E-state index in [9.17, 15) is 13.6 Å². The smallest absolute Gasteiger partial charge is 0.254 e. The normalized spacial score (nSPS) is 26.3. The van der Waals surface area contributed by atoms with Crippen molar-refractivity contribution < 1.29 is 13.6 Å². The molecule has 2 atom stereocenters. The van der Waals surface area contributed by atoms with E-state index in [2.05, 4.69) is 5.32 Å². The molecular weight excluding hydrogens is 262 g/mol. The highest BCUT2D eigenvalue weighted by Crippen LogP contribution is 2.33. The van der Waals surface area contributed by atoms with Crippen molar-refractivity contribution in [2.45, 2.75) is 38.1 Å². The first-order chi connectivity index (χ1) is 9.48. The highest BCUT2D eigenvalue weighted by atomic mass is 19.1. The zero-order chi connectivity index (χ0) is 14.8. The van der Waals surface area contributed by atoms with Crippen LogP contribution in [0.3, 0.4) is 0 Å². The van der Waals surface area contributed by atoms with Gasteiger partial charge in [0.15, 0.2) is 0 Å². The Hall–Kier alpha value is -1.49. The van der Waals surface area contributed by atoms with Crippen molar-refractivity contribution >= 4 is 5.91 Å². The summed E-state index contributed by atoms with van der Waals surface area (Å²) in [6, 6.07) is 2.88. The van der Waals surface area contributed by atoms with Crippen LogP contribution in [0.5, 0.6) is 0 Å². The summed E-state index contributed by atoms with van der Waals surface area (Å²) in [7, 11) is 0. The number of carbonyl (C=O) groups excluding carboxylic acids is 1. The van der Waals surface area contributed by atoms with Crippen LogP contribution in [0, 0.1) is 17.6 Å². The minimum Gasteiger partial charge on any atom is -0.345 e. The molecule has 0 aromatic heterocycles. The molecule has 1 aliphatic carbocycles. The molecule has 3 nitrogen and oxygen atoms in total. The lowest BCUT2D eigenvalue weighted by Gasteiger charge is -2.42. The Bertz CT molecular complexity index is 507. The maximum absolute atomic E-state index is 13.6. The molecule has 1 aromatic rings. The van der Waals surface area contributed by atoms with Gasteiger partial charge < -0.3 is 11.1 Å². The third-order valence-electron chi connectivity index (χ3n) is 4.35. The number of benzene rings is 1. The summed E-state index contributed by atoms with van der Waals surface area (Å²) in [4.78, 5) is 12.2. The van der Waals surface area contributed by atoms with E-state index in [1.165, 1.54) is 0 Å². The fraction of sp³-hybridized carbons (Fsp3) is 0.533. The number of nitrogens with one attached hydrogen (secondary N) is 1. The van der Waals surface area contributed by atoms with E-state index in [0.29, 0.717) is 6.54 Å². The Morgan fingerprint density at radius 2 is 2.20 bits per heavy atom. The average molecular weight is 282 g/mol. The molecule has 5 heteroatoms. The van der Waals surface area contributed by atoms with Gasteiger partial charge in [0.25, 0.3) is 5.91 Å². The first-order valence-electron chi connectivity index (χ1n) is 6.96. The third kappa shape index (κ3) is 2.82. The zero-order valence-corrected chi connectivity index (χ0v) is 11.6. The summed E-state index contributed by atoms with van der Waals surface area (Å²) in [5.41, 5.74) is 5.05. The van der Waals surface area contributed by atoms with Crippen molar-refractivity contribution in [1.29, 1.82) is 0 Å². The Balaban J connectivity index is 2.23. The lowest BCUT2D eigenvalue weighted by atomic mass is 9.73. The summed E-state index contributed by atoms with van der Waals surface area (Å²) in [5.74, 6) is -1.72. The molecule has 0 saturated heterocycles. The van der Waals surface area contributed by atoms with Crippen LogP contribution in [0.15, 0.2) is 18.2 Å². The molecule has 1 aromatic carbocycles. The minimum absolute atomic E-state index is 0.224. The molecule has 1 saturated carbocycles. The third-order valence-corrected chi connectivity index (χ3v) is 4.35. The maximum Gasteiger partial charge on any atom is 0.254 e. The second-order valence-electron chi connectivity index (χ2n) is 5.59. The van der Waals surface area contributed by atoms with Crippen LogP contribution >= 0.6 is 0 Å². The van der Waals surface area contributed by atoms with Crippen molar-refractivity contribution in [1.82, 2.24) is 5.32 Å². The molecule has 0 aliphatic heterocycles. The van der Waals surface area contributed by atoms with Gasteiger partial charge in [-0.25, -0.2) is 8.78 Å². The van der Waals surface area contributed by atoms with Gasteiger partial charge in [-0.15, -0.1) is 0 Å².